The van der Waals surface area contributed by atoms with E-state index in [1.54, 1.807) is 48.5 Å². The number of nitrogens with zero attached hydrogens (tertiary/aromatic N) is 4. The number of benzene rings is 3. The Bertz CT molecular complexity index is 1840. The summed E-state index contributed by atoms with van der Waals surface area (Å²) in [5.74, 6) is -0.761. The molecule has 0 aliphatic rings. The number of ether oxygens (including phenoxy) is 2. The van der Waals surface area contributed by atoms with E-state index in [4.69, 9.17) is 13.9 Å². The summed E-state index contributed by atoms with van der Waals surface area (Å²) in [5, 5.41) is 26.1. The molecule has 0 saturated carbocycles. The van der Waals surface area contributed by atoms with E-state index in [9.17, 15) is 24.8 Å². The van der Waals surface area contributed by atoms with Crippen molar-refractivity contribution in [3.8, 4) is 23.1 Å². The van der Waals surface area contributed by atoms with Crippen molar-refractivity contribution >= 4 is 39.7 Å². The molecule has 0 aliphatic heterocycles. The molecule has 1 atom stereocenters. The molecule has 0 unspecified atom stereocenters. The Labute approximate surface area is 219 Å². The second-order valence-electron chi connectivity index (χ2n) is 8.35. The van der Waals surface area contributed by atoms with Crippen LogP contribution in [-0.2, 0) is 4.79 Å². The minimum atomic E-state index is -1.38. The summed E-state index contributed by atoms with van der Waals surface area (Å²) in [6.07, 6.45) is -0.217. The Hall–Kier alpha value is -5.52. The highest BCUT2D eigenvalue weighted by molar-refractivity contribution is 5.89. The Balaban J connectivity index is 1.71. The summed E-state index contributed by atoms with van der Waals surface area (Å²) in [7, 11) is 1.53. The van der Waals surface area contributed by atoms with Crippen LogP contribution in [0.4, 0.5) is 5.69 Å². The molecule has 12 nitrogen and oxygen atoms in total. The molecule has 2 aromatic heterocycles. The minimum absolute atomic E-state index is 0.0695. The molecule has 0 amide bonds. The second-order valence-corrected chi connectivity index (χ2v) is 8.35. The predicted molar refractivity (Wildman–Crippen MR) is 142 cm³/mol. The van der Waals surface area contributed by atoms with Gasteiger partial charge in [-0.05, 0) is 43.3 Å². The Morgan fingerprint density at radius 2 is 1.92 bits per heavy atom. The fourth-order valence-corrected chi connectivity index (χ4v) is 3.98. The number of aromatic nitrogens is 2. The zero-order valence-corrected chi connectivity index (χ0v) is 20.6. The molecular weight excluding hydrogens is 508 g/mol. The number of rotatable bonds is 8. The van der Waals surface area contributed by atoms with Crippen molar-refractivity contribution in [2.24, 2.45) is 5.10 Å². The van der Waals surface area contributed by atoms with Crippen LogP contribution < -0.4 is 15.0 Å². The molecule has 5 rings (SSSR count). The number of nitro groups is 1. The largest absolute Gasteiger partial charge is 0.496 e. The maximum Gasteiger partial charge on any atom is 0.344 e. The van der Waals surface area contributed by atoms with E-state index in [1.807, 2.05) is 0 Å². The van der Waals surface area contributed by atoms with Crippen LogP contribution in [0.2, 0.25) is 0 Å². The first kappa shape index (κ1) is 25.1. The van der Waals surface area contributed by atoms with Gasteiger partial charge in [-0.3, -0.25) is 14.9 Å². The molecule has 39 heavy (non-hydrogen) atoms. The van der Waals surface area contributed by atoms with Crippen LogP contribution in [0.3, 0.4) is 0 Å². The first-order valence-electron chi connectivity index (χ1n) is 11.6. The lowest BCUT2D eigenvalue weighted by Crippen LogP contribution is -2.24. The van der Waals surface area contributed by atoms with Crippen LogP contribution in [-0.4, -0.2) is 45.1 Å². The summed E-state index contributed by atoms with van der Waals surface area (Å²) in [6.45, 7) is 1.24. The quantitative estimate of drug-likeness (QED) is 0.174. The average molecular weight is 528 g/mol. The number of aliphatic carboxylic acids is 1. The number of fused-ring (bicyclic) bond motifs is 2. The lowest BCUT2D eigenvalue weighted by atomic mass is 10.2. The molecule has 2 heterocycles. The third kappa shape index (κ3) is 4.66. The van der Waals surface area contributed by atoms with Crippen LogP contribution in [0, 0.1) is 10.1 Å². The zero-order valence-electron chi connectivity index (χ0n) is 20.6. The first-order chi connectivity index (χ1) is 18.8. The molecule has 5 aromatic rings. The van der Waals surface area contributed by atoms with Crippen molar-refractivity contribution in [3.63, 3.8) is 0 Å². The number of furan rings is 1. The van der Waals surface area contributed by atoms with E-state index in [0.717, 1.165) is 4.68 Å². The van der Waals surface area contributed by atoms with Gasteiger partial charge in [0.15, 0.2) is 11.9 Å². The molecule has 196 valence electrons. The number of methoxy groups -OCH3 is 1. The molecular formula is C27H20N4O8. The smallest absolute Gasteiger partial charge is 0.344 e. The minimum Gasteiger partial charge on any atom is -0.496 e. The van der Waals surface area contributed by atoms with Crippen LogP contribution in [0.1, 0.15) is 12.5 Å². The van der Waals surface area contributed by atoms with Gasteiger partial charge in [0.05, 0.1) is 34.5 Å². The molecule has 3 aromatic carbocycles. The third-order valence-electron chi connectivity index (χ3n) is 5.89. The van der Waals surface area contributed by atoms with Crippen LogP contribution in [0.25, 0.3) is 33.5 Å². The van der Waals surface area contributed by atoms with E-state index in [0.29, 0.717) is 22.2 Å². The van der Waals surface area contributed by atoms with Gasteiger partial charge in [0, 0.05) is 11.6 Å². The third-order valence-corrected chi connectivity index (χ3v) is 5.89. The molecule has 0 radical (unpaired) electrons. The van der Waals surface area contributed by atoms with Crippen molar-refractivity contribution in [1.82, 2.24) is 9.66 Å². The monoisotopic (exact) mass is 528 g/mol. The van der Waals surface area contributed by atoms with Gasteiger partial charge in [0.25, 0.3) is 5.56 Å². The Morgan fingerprint density at radius 3 is 2.67 bits per heavy atom. The van der Waals surface area contributed by atoms with Crippen LogP contribution in [0.5, 0.6) is 11.5 Å². The number of carboxylic acid groups (broad SMARTS) is 1. The van der Waals surface area contributed by atoms with Gasteiger partial charge in [0.2, 0.25) is 11.6 Å². The fraction of sp³-hybridized carbons (Fsp3) is 0.111. The lowest BCUT2D eigenvalue weighted by molar-refractivity contribution is -0.386. The van der Waals surface area contributed by atoms with E-state index in [1.165, 1.54) is 38.4 Å². The summed E-state index contributed by atoms with van der Waals surface area (Å²) in [5.41, 5.74) is 0.00614. The first-order valence-corrected chi connectivity index (χ1v) is 11.6. The van der Waals surface area contributed by atoms with Crippen LogP contribution in [0.15, 0.2) is 81.0 Å². The fourth-order valence-electron chi connectivity index (χ4n) is 3.98. The highest BCUT2D eigenvalue weighted by atomic mass is 16.6. The van der Waals surface area contributed by atoms with Gasteiger partial charge < -0.3 is 19.0 Å². The van der Waals surface area contributed by atoms with E-state index < -0.39 is 28.2 Å². The Kier molecular flexibility index (Phi) is 6.51. The summed E-state index contributed by atoms with van der Waals surface area (Å²) in [4.78, 5) is 40.4. The van der Waals surface area contributed by atoms with Crippen molar-refractivity contribution < 1.29 is 28.7 Å². The summed E-state index contributed by atoms with van der Waals surface area (Å²) >= 11 is 0. The van der Waals surface area contributed by atoms with Gasteiger partial charge in [-0.15, -0.1) is 0 Å². The summed E-state index contributed by atoms with van der Waals surface area (Å²) in [6, 6.07) is 17.7. The molecule has 0 aliphatic carbocycles. The standard InChI is InChI=1S/C27H20N4O8/c1-15(27(33)34)38-24-16(7-5-10-20(24)31(35)36)14-28-30-25(29-19-9-4-3-8-17(19)26(30)32)23-13-18-21(37-2)11-6-12-22(18)39-23/h3-15H,1-2H3,(H,33,34)/t15-/m1/s1. The Morgan fingerprint density at radius 1 is 1.15 bits per heavy atom. The molecule has 0 bridgehead atoms. The zero-order chi connectivity index (χ0) is 27.7. The second kappa shape index (κ2) is 10.1. The molecule has 1 N–H and O–H groups in total. The highest BCUT2D eigenvalue weighted by Crippen LogP contribution is 2.34. The molecule has 12 heteroatoms. The maximum atomic E-state index is 13.5. The molecule has 0 spiro atoms. The van der Waals surface area contributed by atoms with E-state index in [-0.39, 0.29) is 28.3 Å². The number of carboxylic acids is 1. The van der Waals surface area contributed by atoms with Crippen molar-refractivity contribution in [1.29, 1.82) is 0 Å². The number of carbonyl (C=O) groups is 1. The highest BCUT2D eigenvalue weighted by Gasteiger charge is 2.24. The average Bonchev–Trinajstić information content (AvgIpc) is 3.37. The number of hydrogen-bond acceptors (Lipinski definition) is 9. The number of hydrogen-bond donors (Lipinski definition) is 1. The molecule has 0 saturated heterocycles. The molecule has 0 fully saturated rings. The maximum absolute atomic E-state index is 13.5. The van der Waals surface area contributed by atoms with Gasteiger partial charge in [-0.1, -0.05) is 24.3 Å². The summed E-state index contributed by atoms with van der Waals surface area (Å²) < 4.78 is 17.8. The normalized spacial score (nSPS) is 12.2. The van der Waals surface area contributed by atoms with Crippen LogP contribution >= 0.6 is 0 Å². The lowest BCUT2D eigenvalue weighted by Gasteiger charge is -2.13. The van der Waals surface area contributed by atoms with E-state index >= 15 is 0 Å². The predicted octanol–water partition coefficient (Wildman–Crippen LogP) is 4.46. The van der Waals surface area contributed by atoms with Gasteiger partial charge in [-0.25, -0.2) is 9.78 Å². The van der Waals surface area contributed by atoms with E-state index in [2.05, 4.69) is 10.1 Å². The van der Waals surface area contributed by atoms with Gasteiger partial charge in [-0.2, -0.15) is 9.78 Å². The van der Waals surface area contributed by atoms with Gasteiger partial charge >= 0.3 is 11.7 Å². The number of nitro benzene ring substituents is 1. The van der Waals surface area contributed by atoms with Crippen molar-refractivity contribution in [2.45, 2.75) is 13.0 Å². The van der Waals surface area contributed by atoms with Crippen molar-refractivity contribution in [3.05, 3.63) is 92.8 Å². The topological polar surface area (TPSA) is 159 Å². The SMILES string of the molecule is COc1cccc2oc(-c3nc4ccccc4c(=O)n3N=Cc3cccc([N+](=O)[O-])c3O[C@H](C)C(=O)O)cc12. The van der Waals surface area contributed by atoms with Gasteiger partial charge in [0.1, 0.15) is 11.3 Å². The van der Waals surface area contributed by atoms with Crippen molar-refractivity contribution in [2.75, 3.05) is 7.11 Å². The number of para-hydroxylation sites is 2.